The molecule has 0 bridgehead atoms. The first-order chi connectivity index (χ1) is 9.74. The molecule has 6 heteroatoms. The number of amides is 1. The molecule has 0 spiro atoms. The highest BCUT2D eigenvalue weighted by atomic mass is 79.9. The Kier molecular flexibility index (Phi) is 5.50. The molecule has 5 nitrogen and oxygen atoms in total. The molecule has 0 N–H and O–H groups in total. The van der Waals surface area contributed by atoms with Crippen LogP contribution in [0.3, 0.4) is 0 Å². The Balaban J connectivity index is 1.89. The van der Waals surface area contributed by atoms with Crippen molar-refractivity contribution < 1.29 is 9.53 Å². The summed E-state index contributed by atoms with van der Waals surface area (Å²) in [5.74, 6) is -0.0755. The molecular formula is C14H16BrN3O2. The van der Waals surface area contributed by atoms with Crippen molar-refractivity contribution in [2.75, 3.05) is 25.0 Å². The maximum atomic E-state index is 12.3. The summed E-state index contributed by atoms with van der Waals surface area (Å²) in [5, 5.41) is 9.55. The van der Waals surface area contributed by atoms with Crippen molar-refractivity contribution in [3.63, 3.8) is 0 Å². The minimum absolute atomic E-state index is 0.0755. The normalized spacial score (nSPS) is 15.9. The van der Waals surface area contributed by atoms with Crippen LogP contribution in [0.15, 0.2) is 18.3 Å². The van der Waals surface area contributed by atoms with Crippen LogP contribution in [0.1, 0.15) is 28.9 Å². The van der Waals surface area contributed by atoms with E-state index in [0.717, 1.165) is 18.2 Å². The molecule has 0 aromatic carbocycles. The van der Waals surface area contributed by atoms with E-state index in [0.29, 0.717) is 31.0 Å². The van der Waals surface area contributed by atoms with Gasteiger partial charge in [-0.25, -0.2) is 4.98 Å². The third-order valence-corrected chi connectivity index (χ3v) is 3.60. The fourth-order valence-corrected chi connectivity index (χ4v) is 2.37. The standard InChI is InChI=1S/C14H16BrN3O2/c15-5-8-20-12-3-6-18(7-4-12)14(19)13-2-1-11(9-16)10-17-13/h1-2,10,12H,3-8H2. The van der Waals surface area contributed by atoms with Gasteiger partial charge < -0.3 is 9.64 Å². The summed E-state index contributed by atoms with van der Waals surface area (Å²) in [6.07, 6.45) is 3.38. The number of ether oxygens (including phenoxy) is 1. The van der Waals surface area contributed by atoms with Gasteiger partial charge >= 0.3 is 0 Å². The van der Waals surface area contributed by atoms with Crippen molar-refractivity contribution in [2.45, 2.75) is 18.9 Å². The molecule has 1 aromatic heterocycles. The zero-order valence-corrected chi connectivity index (χ0v) is 12.7. The van der Waals surface area contributed by atoms with Crippen LogP contribution in [0.5, 0.6) is 0 Å². The van der Waals surface area contributed by atoms with E-state index >= 15 is 0 Å². The van der Waals surface area contributed by atoms with Gasteiger partial charge in [0.1, 0.15) is 11.8 Å². The number of hydrogen-bond donors (Lipinski definition) is 0. The molecule has 1 aliphatic rings. The molecule has 1 fully saturated rings. The number of hydrogen-bond acceptors (Lipinski definition) is 4. The molecule has 0 atom stereocenters. The summed E-state index contributed by atoms with van der Waals surface area (Å²) in [4.78, 5) is 18.1. The topological polar surface area (TPSA) is 66.2 Å². The molecular weight excluding hydrogens is 322 g/mol. The van der Waals surface area contributed by atoms with E-state index in [1.54, 1.807) is 17.0 Å². The second-order valence-electron chi connectivity index (χ2n) is 4.60. The monoisotopic (exact) mass is 337 g/mol. The first kappa shape index (κ1) is 14.9. The Hall–Kier alpha value is -1.45. The second kappa shape index (κ2) is 7.36. The quantitative estimate of drug-likeness (QED) is 0.788. The van der Waals surface area contributed by atoms with Crippen LogP contribution in [0, 0.1) is 11.3 Å². The van der Waals surface area contributed by atoms with Crippen molar-refractivity contribution in [1.29, 1.82) is 5.26 Å². The lowest BCUT2D eigenvalue weighted by Crippen LogP contribution is -2.41. The maximum Gasteiger partial charge on any atom is 0.272 e. The zero-order chi connectivity index (χ0) is 14.4. The van der Waals surface area contributed by atoms with Crippen molar-refractivity contribution in [3.8, 4) is 6.07 Å². The van der Waals surface area contributed by atoms with Crippen molar-refractivity contribution in [3.05, 3.63) is 29.6 Å². The minimum atomic E-state index is -0.0755. The van der Waals surface area contributed by atoms with E-state index in [1.165, 1.54) is 6.20 Å². The number of pyridine rings is 1. The van der Waals surface area contributed by atoms with Crippen LogP contribution >= 0.6 is 15.9 Å². The van der Waals surface area contributed by atoms with Crippen LogP contribution in [-0.2, 0) is 4.74 Å². The Morgan fingerprint density at radius 1 is 1.50 bits per heavy atom. The number of piperidine rings is 1. The van der Waals surface area contributed by atoms with Crippen LogP contribution < -0.4 is 0 Å². The van der Waals surface area contributed by atoms with Gasteiger partial charge in [0.25, 0.3) is 5.91 Å². The van der Waals surface area contributed by atoms with E-state index in [9.17, 15) is 4.79 Å². The number of nitriles is 1. The molecule has 1 amide bonds. The summed E-state index contributed by atoms with van der Waals surface area (Å²) in [7, 11) is 0. The SMILES string of the molecule is N#Cc1ccc(C(=O)N2CCC(OCCBr)CC2)nc1. The molecule has 2 rings (SSSR count). The predicted octanol–water partition coefficient (Wildman–Crippen LogP) is 1.97. The first-order valence-corrected chi connectivity index (χ1v) is 7.69. The third-order valence-electron chi connectivity index (χ3n) is 3.27. The number of halogens is 1. The first-order valence-electron chi connectivity index (χ1n) is 6.57. The van der Waals surface area contributed by atoms with Crippen molar-refractivity contribution in [1.82, 2.24) is 9.88 Å². The Labute approximate surface area is 126 Å². The zero-order valence-electron chi connectivity index (χ0n) is 11.1. The molecule has 106 valence electrons. The lowest BCUT2D eigenvalue weighted by molar-refractivity contribution is 0.0158. The highest BCUT2D eigenvalue weighted by molar-refractivity contribution is 9.09. The van der Waals surface area contributed by atoms with Gasteiger partial charge in [0.05, 0.1) is 18.3 Å². The molecule has 0 aliphatic carbocycles. The molecule has 1 saturated heterocycles. The smallest absolute Gasteiger partial charge is 0.272 e. The number of likely N-dealkylation sites (tertiary alicyclic amines) is 1. The summed E-state index contributed by atoms with van der Waals surface area (Å²) < 4.78 is 5.66. The van der Waals surface area contributed by atoms with Gasteiger partial charge in [-0.05, 0) is 25.0 Å². The number of carbonyl (C=O) groups is 1. The van der Waals surface area contributed by atoms with Gasteiger partial charge in [0.2, 0.25) is 0 Å². The Morgan fingerprint density at radius 2 is 2.25 bits per heavy atom. The predicted molar refractivity (Wildman–Crippen MR) is 77.6 cm³/mol. The Bertz CT molecular complexity index is 490. The highest BCUT2D eigenvalue weighted by Crippen LogP contribution is 2.16. The Morgan fingerprint density at radius 3 is 2.80 bits per heavy atom. The number of alkyl halides is 1. The molecule has 20 heavy (non-hydrogen) atoms. The summed E-state index contributed by atoms with van der Waals surface area (Å²) in [6, 6.07) is 5.21. The fourth-order valence-electron chi connectivity index (χ4n) is 2.19. The van der Waals surface area contributed by atoms with E-state index < -0.39 is 0 Å². The molecule has 0 radical (unpaired) electrons. The number of nitrogens with zero attached hydrogens (tertiary/aromatic N) is 3. The third kappa shape index (κ3) is 3.78. The fraction of sp³-hybridized carbons (Fsp3) is 0.500. The van der Waals surface area contributed by atoms with E-state index in [-0.39, 0.29) is 12.0 Å². The largest absolute Gasteiger partial charge is 0.377 e. The van der Waals surface area contributed by atoms with E-state index in [4.69, 9.17) is 10.00 Å². The number of carbonyl (C=O) groups excluding carboxylic acids is 1. The van der Waals surface area contributed by atoms with Crippen LogP contribution in [0.25, 0.3) is 0 Å². The van der Waals surface area contributed by atoms with Gasteiger partial charge in [-0.3, -0.25) is 4.79 Å². The molecule has 0 unspecified atom stereocenters. The molecule has 0 saturated carbocycles. The van der Waals surface area contributed by atoms with Gasteiger partial charge in [0, 0.05) is 24.6 Å². The molecule has 1 aromatic rings. The van der Waals surface area contributed by atoms with Crippen LogP contribution in [0.2, 0.25) is 0 Å². The number of rotatable bonds is 4. The van der Waals surface area contributed by atoms with Crippen LogP contribution in [0.4, 0.5) is 0 Å². The lowest BCUT2D eigenvalue weighted by atomic mass is 10.1. The summed E-state index contributed by atoms with van der Waals surface area (Å²) >= 11 is 3.33. The maximum absolute atomic E-state index is 12.3. The van der Waals surface area contributed by atoms with Gasteiger partial charge in [-0.1, -0.05) is 15.9 Å². The summed E-state index contributed by atoms with van der Waals surface area (Å²) in [5.41, 5.74) is 0.854. The van der Waals surface area contributed by atoms with Gasteiger partial charge in [-0.15, -0.1) is 0 Å². The van der Waals surface area contributed by atoms with E-state index in [2.05, 4.69) is 20.9 Å². The average Bonchev–Trinajstić information content (AvgIpc) is 2.53. The average molecular weight is 338 g/mol. The second-order valence-corrected chi connectivity index (χ2v) is 5.39. The minimum Gasteiger partial charge on any atom is -0.377 e. The lowest BCUT2D eigenvalue weighted by Gasteiger charge is -2.31. The summed E-state index contributed by atoms with van der Waals surface area (Å²) in [6.45, 7) is 2.08. The van der Waals surface area contributed by atoms with Crippen molar-refractivity contribution in [2.24, 2.45) is 0 Å². The molecule has 1 aliphatic heterocycles. The van der Waals surface area contributed by atoms with E-state index in [1.807, 2.05) is 6.07 Å². The molecule has 2 heterocycles. The van der Waals surface area contributed by atoms with Crippen molar-refractivity contribution >= 4 is 21.8 Å². The van der Waals surface area contributed by atoms with Gasteiger partial charge in [-0.2, -0.15) is 5.26 Å². The number of aromatic nitrogens is 1. The van der Waals surface area contributed by atoms with Gasteiger partial charge in [0.15, 0.2) is 0 Å². The highest BCUT2D eigenvalue weighted by Gasteiger charge is 2.24. The van der Waals surface area contributed by atoms with Crippen LogP contribution in [-0.4, -0.2) is 46.9 Å².